The van der Waals surface area contributed by atoms with Crippen LogP contribution in [0.4, 0.5) is 0 Å². The van der Waals surface area contributed by atoms with Gasteiger partial charge in [-0.2, -0.15) is 8.42 Å². The van der Waals surface area contributed by atoms with Gasteiger partial charge in [0.25, 0.3) is 10.1 Å². The SMILES string of the molecule is COC1OC(=O)c2ccc1cc2.CS(=O)(=O)OC1CNC(C(=O)O)C1. The minimum absolute atomic E-state index is 0.183. The second-order valence-electron chi connectivity index (χ2n) is 5.55. The summed E-state index contributed by atoms with van der Waals surface area (Å²) in [5.74, 6) is -1.32. The van der Waals surface area contributed by atoms with E-state index >= 15 is 0 Å². The highest BCUT2D eigenvalue weighted by atomic mass is 32.2. The van der Waals surface area contributed by atoms with Crippen molar-refractivity contribution in [3.05, 3.63) is 35.4 Å². The molecule has 3 heterocycles. The number of hydrogen-bond donors (Lipinski definition) is 2. The van der Waals surface area contributed by atoms with Gasteiger partial charge in [0.1, 0.15) is 6.04 Å². The molecule has 1 saturated heterocycles. The molecule has 3 atom stereocenters. The lowest BCUT2D eigenvalue weighted by atomic mass is 10.2. The summed E-state index contributed by atoms with van der Waals surface area (Å²) < 4.78 is 35.9. The van der Waals surface area contributed by atoms with E-state index in [1.54, 1.807) is 12.1 Å². The van der Waals surface area contributed by atoms with Gasteiger partial charge < -0.3 is 19.9 Å². The first kappa shape index (κ1) is 19.3. The van der Waals surface area contributed by atoms with E-state index in [9.17, 15) is 18.0 Å². The smallest absolute Gasteiger partial charge is 0.340 e. The van der Waals surface area contributed by atoms with Gasteiger partial charge in [0.2, 0.25) is 6.29 Å². The number of carboxylic acids is 1. The Morgan fingerprint density at radius 2 is 1.96 bits per heavy atom. The Labute approximate surface area is 145 Å². The standard InChI is InChI=1S/C9H8O3.C6H11NO5S/c1-11-9-7-4-2-6(3-5-7)8(10)12-9;1-13(10,11)12-4-2-5(6(8)9)7-3-4/h2-5,9H,1H3;4-5,7H,2-3H2,1H3,(H,8,9). The lowest BCUT2D eigenvalue weighted by Crippen LogP contribution is -2.30. The maximum atomic E-state index is 11.2. The Kier molecular flexibility index (Phi) is 6.11. The number of rotatable bonds is 4. The number of methoxy groups -OCH3 is 1. The number of benzene rings is 1. The first-order valence-electron chi connectivity index (χ1n) is 7.38. The zero-order valence-electron chi connectivity index (χ0n) is 13.7. The third kappa shape index (κ3) is 5.49. The minimum atomic E-state index is -3.49. The van der Waals surface area contributed by atoms with Gasteiger partial charge in [0.05, 0.1) is 17.9 Å². The van der Waals surface area contributed by atoms with Gasteiger partial charge in [0.15, 0.2) is 0 Å². The predicted molar refractivity (Wildman–Crippen MR) is 85.4 cm³/mol. The summed E-state index contributed by atoms with van der Waals surface area (Å²) in [5, 5.41) is 11.2. The summed E-state index contributed by atoms with van der Waals surface area (Å²) in [7, 11) is -1.98. The highest BCUT2D eigenvalue weighted by Gasteiger charge is 2.31. The molecule has 25 heavy (non-hydrogen) atoms. The Hall–Kier alpha value is -2.01. The molecule has 9 nitrogen and oxygen atoms in total. The zero-order valence-corrected chi connectivity index (χ0v) is 14.5. The number of esters is 1. The first-order chi connectivity index (χ1) is 11.7. The van der Waals surface area contributed by atoms with Crippen molar-refractivity contribution >= 4 is 22.1 Å². The molecule has 0 saturated carbocycles. The van der Waals surface area contributed by atoms with E-state index in [-0.39, 0.29) is 18.9 Å². The van der Waals surface area contributed by atoms with Crippen LogP contribution in [-0.4, -0.2) is 57.5 Å². The maximum Gasteiger partial charge on any atom is 0.340 e. The highest BCUT2D eigenvalue weighted by Crippen LogP contribution is 2.24. The molecule has 3 aliphatic rings. The van der Waals surface area contributed by atoms with Crippen molar-refractivity contribution in [1.82, 2.24) is 5.32 Å². The van der Waals surface area contributed by atoms with Crippen LogP contribution in [0, 0.1) is 0 Å². The lowest BCUT2D eigenvalue weighted by Gasteiger charge is -2.11. The Bertz CT molecular complexity index is 730. The number of carboxylic acid groups (broad SMARTS) is 1. The molecule has 4 rings (SSSR count). The first-order valence-corrected chi connectivity index (χ1v) is 9.19. The van der Waals surface area contributed by atoms with Crippen molar-refractivity contribution < 1.29 is 36.8 Å². The quantitative estimate of drug-likeness (QED) is 0.565. The van der Waals surface area contributed by atoms with Crippen LogP contribution in [0.3, 0.4) is 0 Å². The molecule has 2 N–H and O–H groups in total. The molecular weight excluding hydrogens is 354 g/mol. The van der Waals surface area contributed by atoms with Gasteiger partial charge >= 0.3 is 11.9 Å². The number of carbonyl (C=O) groups is 2. The van der Waals surface area contributed by atoms with E-state index in [1.165, 1.54) is 7.11 Å². The van der Waals surface area contributed by atoms with Crippen molar-refractivity contribution in [2.24, 2.45) is 0 Å². The number of fused-ring (bicyclic) bond motifs is 4. The Balaban J connectivity index is 0.000000181. The molecule has 3 unspecified atom stereocenters. The van der Waals surface area contributed by atoms with Crippen molar-refractivity contribution in [3.8, 4) is 0 Å². The average Bonchev–Trinajstić information content (AvgIpc) is 2.88. The highest BCUT2D eigenvalue weighted by molar-refractivity contribution is 7.86. The predicted octanol–water partition coefficient (Wildman–Crippen LogP) is 0.280. The Morgan fingerprint density at radius 1 is 1.32 bits per heavy atom. The van der Waals surface area contributed by atoms with Crippen LogP contribution in [0.1, 0.15) is 28.6 Å². The molecule has 0 aliphatic carbocycles. The molecule has 10 heteroatoms. The van der Waals surface area contributed by atoms with Crippen LogP contribution in [0.5, 0.6) is 0 Å². The van der Waals surface area contributed by atoms with Gasteiger partial charge in [-0.05, 0) is 12.1 Å². The summed E-state index contributed by atoms with van der Waals surface area (Å²) in [6.07, 6.45) is 0.0184. The molecule has 138 valence electrons. The monoisotopic (exact) mass is 373 g/mol. The van der Waals surface area contributed by atoms with Crippen molar-refractivity contribution in [2.45, 2.75) is 24.9 Å². The molecule has 1 aromatic carbocycles. The van der Waals surface area contributed by atoms with Crippen molar-refractivity contribution in [3.63, 3.8) is 0 Å². The van der Waals surface area contributed by atoms with E-state index in [4.69, 9.17) is 14.6 Å². The van der Waals surface area contributed by atoms with E-state index in [0.717, 1.165) is 11.8 Å². The third-order valence-electron chi connectivity index (χ3n) is 3.55. The second-order valence-corrected chi connectivity index (χ2v) is 7.15. The molecule has 1 aromatic rings. The molecule has 3 aliphatic heterocycles. The molecule has 0 aromatic heterocycles. The molecule has 0 radical (unpaired) electrons. The summed E-state index contributed by atoms with van der Waals surface area (Å²) in [6, 6.07) is 6.42. The van der Waals surface area contributed by atoms with E-state index in [0.29, 0.717) is 5.56 Å². The molecule has 2 bridgehead atoms. The van der Waals surface area contributed by atoms with Crippen molar-refractivity contribution in [2.75, 3.05) is 19.9 Å². The maximum absolute atomic E-state index is 11.2. The second kappa shape index (κ2) is 7.91. The van der Waals surface area contributed by atoms with E-state index in [1.807, 2.05) is 12.1 Å². The van der Waals surface area contributed by atoms with Crippen molar-refractivity contribution in [1.29, 1.82) is 0 Å². The van der Waals surface area contributed by atoms with Gasteiger partial charge in [-0.15, -0.1) is 0 Å². The van der Waals surface area contributed by atoms with Crippen LogP contribution in [0.2, 0.25) is 0 Å². The lowest BCUT2D eigenvalue weighted by molar-refractivity contribution is -0.139. The Morgan fingerprint density at radius 3 is 2.44 bits per heavy atom. The van der Waals surface area contributed by atoms with Crippen LogP contribution < -0.4 is 5.32 Å². The fourth-order valence-corrected chi connectivity index (χ4v) is 3.05. The zero-order chi connectivity index (χ0) is 18.6. The largest absolute Gasteiger partial charge is 0.480 e. The number of ether oxygens (including phenoxy) is 2. The van der Waals surface area contributed by atoms with Crippen LogP contribution in [0.15, 0.2) is 24.3 Å². The third-order valence-corrected chi connectivity index (χ3v) is 4.17. The summed E-state index contributed by atoms with van der Waals surface area (Å²) in [5.41, 5.74) is 1.44. The number of hydrogen-bond acceptors (Lipinski definition) is 8. The summed E-state index contributed by atoms with van der Waals surface area (Å²) in [6.45, 7) is 0.254. The van der Waals surface area contributed by atoms with Gasteiger partial charge in [-0.25, -0.2) is 4.79 Å². The number of nitrogens with one attached hydrogen (secondary N) is 1. The van der Waals surface area contributed by atoms with Crippen LogP contribution in [-0.2, 0) is 28.6 Å². The van der Waals surface area contributed by atoms with E-state index < -0.39 is 34.5 Å². The minimum Gasteiger partial charge on any atom is -0.480 e. The summed E-state index contributed by atoms with van der Waals surface area (Å²) in [4.78, 5) is 21.6. The van der Waals surface area contributed by atoms with Gasteiger partial charge in [-0.1, -0.05) is 12.1 Å². The molecule has 0 spiro atoms. The normalized spacial score (nSPS) is 24.9. The van der Waals surface area contributed by atoms with E-state index in [2.05, 4.69) is 9.50 Å². The summed E-state index contributed by atoms with van der Waals surface area (Å²) >= 11 is 0. The fraction of sp³-hybridized carbons (Fsp3) is 0.467. The fourth-order valence-electron chi connectivity index (χ4n) is 2.41. The average molecular weight is 373 g/mol. The molecule has 1 fully saturated rings. The van der Waals surface area contributed by atoms with Crippen LogP contribution in [0.25, 0.3) is 0 Å². The molecular formula is C15H19NO8S. The van der Waals surface area contributed by atoms with Crippen LogP contribution >= 0.6 is 0 Å². The number of carbonyl (C=O) groups excluding carboxylic acids is 1. The topological polar surface area (TPSA) is 128 Å². The van der Waals surface area contributed by atoms with Gasteiger partial charge in [-0.3, -0.25) is 8.98 Å². The van der Waals surface area contributed by atoms with Gasteiger partial charge in [0, 0.05) is 25.6 Å². The molecule has 0 amide bonds. The number of aliphatic carboxylic acids is 1.